The molecule has 1 heterocycles. The van der Waals surface area contributed by atoms with Crippen molar-refractivity contribution in [3.05, 3.63) is 63.3 Å². The van der Waals surface area contributed by atoms with Gasteiger partial charge in [-0.1, -0.05) is 12.1 Å². The standard InChI is InChI=1S/C19H16FIN2OS2/c20-14-5-9-16(10-6-14)25-11-1-2-18(24)23-19-22-17(12-26-19)13-3-7-15(21)8-4-13/h3-10,12H,1-2,11H2,(H,22,23,24). The van der Waals surface area contributed by atoms with E-state index in [9.17, 15) is 9.18 Å². The van der Waals surface area contributed by atoms with Gasteiger partial charge in [0.15, 0.2) is 5.13 Å². The summed E-state index contributed by atoms with van der Waals surface area (Å²) < 4.78 is 14.0. The van der Waals surface area contributed by atoms with E-state index in [0.29, 0.717) is 11.6 Å². The second-order valence-corrected chi connectivity index (χ2v) is 8.77. The number of anilines is 1. The molecule has 0 saturated carbocycles. The minimum Gasteiger partial charge on any atom is -0.302 e. The molecular formula is C19H16FIN2OS2. The van der Waals surface area contributed by atoms with Crippen LogP contribution in [0.4, 0.5) is 9.52 Å². The Hall–Kier alpha value is -1.45. The Balaban J connectivity index is 1.43. The predicted molar refractivity (Wildman–Crippen MR) is 115 cm³/mol. The molecule has 0 saturated heterocycles. The Labute approximate surface area is 173 Å². The van der Waals surface area contributed by atoms with Crippen molar-refractivity contribution in [2.45, 2.75) is 17.7 Å². The van der Waals surface area contributed by atoms with Crippen molar-refractivity contribution in [1.82, 2.24) is 4.98 Å². The second-order valence-electron chi connectivity index (χ2n) is 5.50. The van der Waals surface area contributed by atoms with Crippen molar-refractivity contribution in [2.75, 3.05) is 11.1 Å². The van der Waals surface area contributed by atoms with Crippen LogP contribution in [0.5, 0.6) is 0 Å². The number of rotatable bonds is 7. The number of thiazole rings is 1. The van der Waals surface area contributed by atoms with Gasteiger partial charge in [-0.15, -0.1) is 23.1 Å². The number of carbonyl (C=O) groups is 1. The number of carbonyl (C=O) groups excluding carboxylic acids is 1. The maximum atomic E-state index is 12.8. The molecular weight excluding hydrogens is 482 g/mol. The number of aromatic nitrogens is 1. The normalized spacial score (nSPS) is 10.7. The van der Waals surface area contributed by atoms with Crippen molar-refractivity contribution >= 4 is 56.7 Å². The van der Waals surface area contributed by atoms with Gasteiger partial charge in [-0.3, -0.25) is 4.79 Å². The lowest BCUT2D eigenvalue weighted by atomic mass is 10.2. The topological polar surface area (TPSA) is 42.0 Å². The summed E-state index contributed by atoms with van der Waals surface area (Å²) in [5, 5.41) is 5.42. The summed E-state index contributed by atoms with van der Waals surface area (Å²) in [5.41, 5.74) is 1.91. The number of thioether (sulfide) groups is 1. The number of halogens is 2. The molecule has 0 unspecified atom stereocenters. The van der Waals surface area contributed by atoms with Crippen LogP contribution in [-0.2, 0) is 4.79 Å². The van der Waals surface area contributed by atoms with Crippen LogP contribution in [0.3, 0.4) is 0 Å². The number of benzene rings is 2. The molecule has 0 radical (unpaired) electrons. The fourth-order valence-electron chi connectivity index (χ4n) is 2.22. The summed E-state index contributed by atoms with van der Waals surface area (Å²) in [6.07, 6.45) is 1.19. The number of hydrogen-bond acceptors (Lipinski definition) is 4. The molecule has 134 valence electrons. The molecule has 1 amide bonds. The van der Waals surface area contributed by atoms with Gasteiger partial charge in [-0.25, -0.2) is 9.37 Å². The smallest absolute Gasteiger partial charge is 0.226 e. The van der Waals surface area contributed by atoms with Crippen LogP contribution >= 0.6 is 45.7 Å². The molecule has 26 heavy (non-hydrogen) atoms. The van der Waals surface area contributed by atoms with Crippen molar-refractivity contribution in [3.8, 4) is 11.3 Å². The van der Waals surface area contributed by atoms with E-state index in [1.807, 2.05) is 29.6 Å². The zero-order chi connectivity index (χ0) is 18.4. The highest BCUT2D eigenvalue weighted by atomic mass is 127. The van der Waals surface area contributed by atoms with E-state index in [1.165, 1.54) is 27.0 Å². The molecule has 3 aromatic rings. The quantitative estimate of drug-likeness (QED) is 0.245. The van der Waals surface area contributed by atoms with Crippen LogP contribution in [0, 0.1) is 9.39 Å². The highest BCUT2D eigenvalue weighted by molar-refractivity contribution is 14.1. The molecule has 0 fully saturated rings. The molecule has 7 heteroatoms. The average Bonchev–Trinajstić information content (AvgIpc) is 3.09. The summed E-state index contributed by atoms with van der Waals surface area (Å²) in [6, 6.07) is 14.5. The number of hydrogen-bond donors (Lipinski definition) is 1. The number of amides is 1. The fraction of sp³-hybridized carbons (Fsp3) is 0.158. The molecule has 0 bridgehead atoms. The molecule has 1 aromatic heterocycles. The number of nitrogens with one attached hydrogen (secondary N) is 1. The molecule has 1 N–H and O–H groups in total. The first-order valence-corrected chi connectivity index (χ1v) is 10.9. The van der Waals surface area contributed by atoms with Crippen LogP contribution in [0.15, 0.2) is 58.8 Å². The predicted octanol–water partition coefficient (Wildman–Crippen LogP) is 6.06. The Kier molecular flexibility index (Phi) is 7.04. The van der Waals surface area contributed by atoms with Crippen molar-refractivity contribution in [2.24, 2.45) is 0 Å². The summed E-state index contributed by atoms with van der Waals surface area (Å²) in [5.74, 6) is 0.542. The maximum absolute atomic E-state index is 12.8. The molecule has 0 aliphatic carbocycles. The summed E-state index contributed by atoms with van der Waals surface area (Å²) in [6.45, 7) is 0. The first kappa shape index (κ1) is 19.3. The van der Waals surface area contributed by atoms with Crippen LogP contribution in [0.2, 0.25) is 0 Å². The summed E-state index contributed by atoms with van der Waals surface area (Å²) >= 11 is 5.31. The van der Waals surface area contributed by atoms with Gasteiger partial charge in [0.05, 0.1) is 5.69 Å². The van der Waals surface area contributed by atoms with Gasteiger partial charge in [-0.05, 0) is 71.2 Å². The molecule has 0 atom stereocenters. The van der Waals surface area contributed by atoms with E-state index in [1.54, 1.807) is 23.9 Å². The third-order valence-electron chi connectivity index (χ3n) is 3.52. The first-order valence-electron chi connectivity index (χ1n) is 8.00. The highest BCUT2D eigenvalue weighted by Crippen LogP contribution is 2.26. The van der Waals surface area contributed by atoms with Crippen molar-refractivity contribution in [3.63, 3.8) is 0 Å². The zero-order valence-electron chi connectivity index (χ0n) is 13.7. The van der Waals surface area contributed by atoms with Gasteiger partial charge >= 0.3 is 0 Å². The Morgan fingerprint density at radius 2 is 1.88 bits per heavy atom. The van der Waals surface area contributed by atoms with Crippen LogP contribution in [0.25, 0.3) is 11.3 Å². The van der Waals surface area contributed by atoms with Gasteiger partial charge in [0.2, 0.25) is 5.91 Å². The average molecular weight is 498 g/mol. The monoisotopic (exact) mass is 498 g/mol. The summed E-state index contributed by atoms with van der Waals surface area (Å²) in [4.78, 5) is 17.5. The first-order chi connectivity index (χ1) is 12.6. The lowest BCUT2D eigenvalue weighted by Gasteiger charge is -2.03. The Morgan fingerprint density at radius 1 is 1.15 bits per heavy atom. The van der Waals surface area contributed by atoms with Gasteiger partial charge < -0.3 is 5.32 Å². The molecule has 0 spiro atoms. The maximum Gasteiger partial charge on any atom is 0.226 e. The summed E-state index contributed by atoms with van der Waals surface area (Å²) in [7, 11) is 0. The SMILES string of the molecule is O=C(CCCSc1ccc(F)cc1)Nc1nc(-c2ccc(I)cc2)cs1. The van der Waals surface area contributed by atoms with Gasteiger partial charge in [0.25, 0.3) is 0 Å². The van der Waals surface area contributed by atoms with Crippen molar-refractivity contribution < 1.29 is 9.18 Å². The second kappa shape index (κ2) is 9.48. The highest BCUT2D eigenvalue weighted by Gasteiger charge is 2.08. The Morgan fingerprint density at radius 3 is 2.62 bits per heavy atom. The van der Waals surface area contributed by atoms with Crippen LogP contribution < -0.4 is 5.32 Å². The lowest BCUT2D eigenvalue weighted by molar-refractivity contribution is -0.116. The largest absolute Gasteiger partial charge is 0.302 e. The fourth-order valence-corrected chi connectivity index (χ4v) is 4.17. The Bertz CT molecular complexity index is 866. The van der Waals surface area contributed by atoms with Gasteiger partial charge in [0, 0.05) is 25.8 Å². The molecule has 0 aliphatic rings. The molecule has 3 nitrogen and oxygen atoms in total. The third-order valence-corrected chi connectivity index (χ3v) is 6.10. The van der Waals surface area contributed by atoms with E-state index in [0.717, 1.165) is 28.3 Å². The molecule has 3 rings (SSSR count). The van der Waals surface area contributed by atoms with E-state index in [2.05, 4.69) is 32.9 Å². The van der Waals surface area contributed by atoms with E-state index in [-0.39, 0.29) is 11.7 Å². The zero-order valence-corrected chi connectivity index (χ0v) is 17.5. The van der Waals surface area contributed by atoms with Crippen LogP contribution in [0.1, 0.15) is 12.8 Å². The molecule has 0 aliphatic heterocycles. The lowest BCUT2D eigenvalue weighted by Crippen LogP contribution is -2.11. The molecule has 2 aromatic carbocycles. The van der Waals surface area contributed by atoms with Crippen molar-refractivity contribution in [1.29, 1.82) is 0 Å². The minimum absolute atomic E-state index is 0.0341. The minimum atomic E-state index is -0.234. The third kappa shape index (κ3) is 5.78. The van der Waals surface area contributed by atoms with E-state index >= 15 is 0 Å². The van der Waals surface area contributed by atoms with Crippen LogP contribution in [-0.4, -0.2) is 16.6 Å². The van der Waals surface area contributed by atoms with E-state index in [4.69, 9.17) is 0 Å². The van der Waals surface area contributed by atoms with Gasteiger partial charge in [-0.2, -0.15) is 0 Å². The van der Waals surface area contributed by atoms with Gasteiger partial charge in [0.1, 0.15) is 5.82 Å². The van der Waals surface area contributed by atoms with E-state index < -0.39 is 0 Å². The number of nitrogens with zero attached hydrogens (tertiary/aromatic N) is 1.